The van der Waals surface area contributed by atoms with E-state index in [1.807, 2.05) is 32.0 Å². The minimum atomic E-state index is -1.01. The van der Waals surface area contributed by atoms with Crippen LogP contribution < -0.4 is 5.32 Å². The number of hydrogen-bond donors (Lipinski definition) is 3. The van der Waals surface area contributed by atoms with Gasteiger partial charge in [0, 0.05) is 13.5 Å². The highest BCUT2D eigenvalue weighted by molar-refractivity contribution is 5.72. The number of aliphatic hydroxyl groups is 2. The van der Waals surface area contributed by atoms with Gasteiger partial charge in [-0.05, 0) is 17.0 Å². The van der Waals surface area contributed by atoms with Crippen LogP contribution in [0.25, 0.3) is 0 Å². The molecule has 0 saturated heterocycles. The summed E-state index contributed by atoms with van der Waals surface area (Å²) in [5.74, 6) is 0.0437. The second-order valence-corrected chi connectivity index (χ2v) is 4.73. The molecule has 0 aliphatic carbocycles. The molecule has 0 bridgehead atoms. The number of nitrogens with one attached hydrogen (secondary N) is 1. The summed E-state index contributed by atoms with van der Waals surface area (Å²) >= 11 is 0. The zero-order valence-corrected chi connectivity index (χ0v) is 11.1. The first-order valence-corrected chi connectivity index (χ1v) is 6.13. The topological polar surface area (TPSA) is 69.6 Å². The summed E-state index contributed by atoms with van der Waals surface area (Å²) in [6.45, 7) is 5.49. The molecule has 0 fully saturated rings. The van der Waals surface area contributed by atoms with Gasteiger partial charge in [-0.15, -0.1) is 0 Å². The summed E-state index contributed by atoms with van der Waals surface area (Å²) < 4.78 is 0. The van der Waals surface area contributed by atoms with Crippen molar-refractivity contribution in [2.24, 2.45) is 0 Å². The summed E-state index contributed by atoms with van der Waals surface area (Å²) in [4.78, 5) is 10.8. The Morgan fingerprint density at radius 3 is 2.28 bits per heavy atom. The molecule has 2 unspecified atom stereocenters. The first kappa shape index (κ1) is 14.7. The lowest BCUT2D eigenvalue weighted by molar-refractivity contribution is -0.119. The van der Waals surface area contributed by atoms with Crippen LogP contribution in [0.3, 0.4) is 0 Å². The van der Waals surface area contributed by atoms with Gasteiger partial charge >= 0.3 is 0 Å². The number of rotatable bonds is 5. The minimum absolute atomic E-state index is 0.0446. The number of carbonyl (C=O) groups is 1. The van der Waals surface area contributed by atoms with Crippen LogP contribution in [0.15, 0.2) is 24.3 Å². The summed E-state index contributed by atoms with van der Waals surface area (Å²) in [6.07, 6.45) is -2.00. The summed E-state index contributed by atoms with van der Waals surface area (Å²) in [5, 5.41) is 22.5. The number of benzene rings is 1. The van der Waals surface area contributed by atoms with E-state index in [1.54, 1.807) is 6.07 Å². The fraction of sp³-hybridized carbons (Fsp3) is 0.500. The number of carbonyl (C=O) groups excluding carboxylic acids is 1. The van der Waals surface area contributed by atoms with Crippen LogP contribution in [0.5, 0.6) is 0 Å². The lowest BCUT2D eigenvalue weighted by Gasteiger charge is -2.22. The highest BCUT2D eigenvalue weighted by Gasteiger charge is 2.21. The van der Waals surface area contributed by atoms with Crippen LogP contribution in [0.1, 0.15) is 43.9 Å². The molecule has 4 nitrogen and oxygen atoms in total. The molecular formula is C14H21NO3. The SMILES string of the molecule is CC(=O)NCC(O)C(O)c1ccccc1C(C)C. The van der Waals surface area contributed by atoms with E-state index in [4.69, 9.17) is 0 Å². The average Bonchev–Trinajstić information content (AvgIpc) is 2.34. The van der Waals surface area contributed by atoms with Crippen molar-refractivity contribution in [1.82, 2.24) is 5.32 Å². The van der Waals surface area contributed by atoms with E-state index in [0.29, 0.717) is 5.56 Å². The molecule has 18 heavy (non-hydrogen) atoms. The van der Waals surface area contributed by atoms with E-state index in [1.165, 1.54) is 6.92 Å². The number of amides is 1. The molecule has 0 saturated carbocycles. The zero-order chi connectivity index (χ0) is 13.7. The Bertz CT molecular complexity index is 404. The monoisotopic (exact) mass is 251 g/mol. The van der Waals surface area contributed by atoms with Crippen LogP contribution in [0.2, 0.25) is 0 Å². The van der Waals surface area contributed by atoms with Crippen molar-refractivity contribution in [2.75, 3.05) is 6.54 Å². The summed E-state index contributed by atoms with van der Waals surface area (Å²) in [7, 11) is 0. The van der Waals surface area contributed by atoms with E-state index in [-0.39, 0.29) is 18.4 Å². The predicted octanol–water partition coefficient (Wildman–Crippen LogP) is 1.34. The molecule has 1 aromatic rings. The van der Waals surface area contributed by atoms with Gasteiger partial charge in [-0.2, -0.15) is 0 Å². The third-order valence-corrected chi connectivity index (χ3v) is 2.86. The van der Waals surface area contributed by atoms with E-state index < -0.39 is 12.2 Å². The Hall–Kier alpha value is -1.39. The molecule has 0 aromatic heterocycles. The molecule has 0 heterocycles. The van der Waals surface area contributed by atoms with Gasteiger partial charge in [0.2, 0.25) is 5.91 Å². The predicted molar refractivity (Wildman–Crippen MR) is 70.2 cm³/mol. The smallest absolute Gasteiger partial charge is 0.216 e. The zero-order valence-electron chi connectivity index (χ0n) is 11.1. The molecule has 0 spiro atoms. The fourth-order valence-electron chi connectivity index (χ4n) is 1.87. The summed E-state index contributed by atoms with van der Waals surface area (Å²) in [6, 6.07) is 7.48. The van der Waals surface area contributed by atoms with Gasteiger partial charge in [0.05, 0.1) is 0 Å². The number of aliphatic hydroxyl groups excluding tert-OH is 2. The summed E-state index contributed by atoms with van der Waals surface area (Å²) in [5.41, 5.74) is 1.72. The quantitative estimate of drug-likeness (QED) is 0.739. The maximum Gasteiger partial charge on any atom is 0.216 e. The highest BCUT2D eigenvalue weighted by Crippen LogP contribution is 2.26. The molecule has 0 radical (unpaired) electrons. The first-order chi connectivity index (χ1) is 8.43. The maximum absolute atomic E-state index is 10.8. The van der Waals surface area contributed by atoms with Crippen molar-refractivity contribution in [3.05, 3.63) is 35.4 Å². The van der Waals surface area contributed by atoms with Crippen LogP contribution >= 0.6 is 0 Å². The molecule has 2 atom stereocenters. The lowest BCUT2D eigenvalue weighted by atomic mass is 9.92. The van der Waals surface area contributed by atoms with Crippen molar-refractivity contribution < 1.29 is 15.0 Å². The van der Waals surface area contributed by atoms with Gasteiger partial charge in [0.15, 0.2) is 0 Å². The molecule has 3 N–H and O–H groups in total. The Morgan fingerprint density at radius 1 is 1.22 bits per heavy atom. The standard InChI is InChI=1S/C14H21NO3/c1-9(2)11-6-4-5-7-12(11)14(18)13(17)8-15-10(3)16/h4-7,9,13-14,17-18H,8H2,1-3H3,(H,15,16). The third kappa shape index (κ3) is 3.82. The van der Waals surface area contributed by atoms with Gasteiger partial charge < -0.3 is 15.5 Å². The Kier molecular flexibility index (Phi) is 5.31. The van der Waals surface area contributed by atoms with Crippen molar-refractivity contribution in [3.8, 4) is 0 Å². The normalized spacial score (nSPS) is 14.3. The molecular weight excluding hydrogens is 230 g/mol. The van der Waals surface area contributed by atoms with Gasteiger partial charge in [0.25, 0.3) is 0 Å². The fourth-order valence-corrected chi connectivity index (χ4v) is 1.87. The lowest BCUT2D eigenvalue weighted by Crippen LogP contribution is -2.34. The molecule has 100 valence electrons. The van der Waals surface area contributed by atoms with Crippen LogP contribution in [-0.2, 0) is 4.79 Å². The Labute approximate surface area is 108 Å². The minimum Gasteiger partial charge on any atom is -0.388 e. The molecule has 1 aromatic carbocycles. The Balaban J connectivity index is 2.82. The molecule has 4 heteroatoms. The third-order valence-electron chi connectivity index (χ3n) is 2.86. The van der Waals surface area contributed by atoms with Crippen molar-refractivity contribution in [2.45, 2.75) is 38.9 Å². The van der Waals surface area contributed by atoms with E-state index in [9.17, 15) is 15.0 Å². The molecule has 0 aliphatic rings. The second-order valence-electron chi connectivity index (χ2n) is 4.73. The maximum atomic E-state index is 10.8. The van der Waals surface area contributed by atoms with Crippen molar-refractivity contribution in [3.63, 3.8) is 0 Å². The van der Waals surface area contributed by atoms with Crippen LogP contribution in [0, 0.1) is 0 Å². The van der Waals surface area contributed by atoms with E-state index >= 15 is 0 Å². The largest absolute Gasteiger partial charge is 0.388 e. The van der Waals surface area contributed by atoms with E-state index in [2.05, 4.69) is 5.32 Å². The van der Waals surface area contributed by atoms with Gasteiger partial charge in [-0.25, -0.2) is 0 Å². The molecule has 1 amide bonds. The number of hydrogen-bond acceptors (Lipinski definition) is 3. The molecule has 0 aliphatic heterocycles. The first-order valence-electron chi connectivity index (χ1n) is 6.13. The molecule has 1 rings (SSSR count). The van der Waals surface area contributed by atoms with Gasteiger partial charge in [-0.3, -0.25) is 4.79 Å². The van der Waals surface area contributed by atoms with Gasteiger partial charge in [0.1, 0.15) is 12.2 Å². The van der Waals surface area contributed by atoms with Crippen molar-refractivity contribution >= 4 is 5.91 Å². The van der Waals surface area contributed by atoms with Crippen LogP contribution in [0.4, 0.5) is 0 Å². The van der Waals surface area contributed by atoms with Gasteiger partial charge in [-0.1, -0.05) is 38.1 Å². The average molecular weight is 251 g/mol. The highest BCUT2D eigenvalue weighted by atomic mass is 16.3. The Morgan fingerprint density at radius 2 is 1.78 bits per heavy atom. The van der Waals surface area contributed by atoms with Crippen molar-refractivity contribution in [1.29, 1.82) is 0 Å². The second kappa shape index (κ2) is 6.52. The van der Waals surface area contributed by atoms with Crippen LogP contribution in [-0.4, -0.2) is 28.8 Å². The van der Waals surface area contributed by atoms with E-state index in [0.717, 1.165) is 5.56 Å².